The van der Waals surface area contributed by atoms with Gasteiger partial charge in [0.2, 0.25) is 0 Å². The zero-order valence-corrected chi connectivity index (χ0v) is 17.4. The fourth-order valence-electron chi connectivity index (χ4n) is 4.41. The number of benzene rings is 1. The highest BCUT2D eigenvalue weighted by Gasteiger charge is 2.32. The van der Waals surface area contributed by atoms with Crippen molar-refractivity contribution in [1.29, 1.82) is 0 Å². The van der Waals surface area contributed by atoms with Crippen molar-refractivity contribution in [2.45, 2.75) is 50.7 Å². The molecule has 0 radical (unpaired) electrons. The first-order chi connectivity index (χ1) is 15.0. The molecule has 1 fully saturated rings. The van der Waals surface area contributed by atoms with Crippen molar-refractivity contribution in [3.8, 4) is 11.3 Å². The van der Waals surface area contributed by atoms with E-state index in [-0.39, 0.29) is 11.6 Å². The summed E-state index contributed by atoms with van der Waals surface area (Å²) < 4.78 is 16.1. The number of rotatable bonds is 4. The molecule has 6 nitrogen and oxygen atoms in total. The van der Waals surface area contributed by atoms with Gasteiger partial charge in [-0.1, -0.05) is 30.3 Å². The Labute approximate surface area is 179 Å². The van der Waals surface area contributed by atoms with E-state index in [0.29, 0.717) is 49.0 Å². The van der Waals surface area contributed by atoms with E-state index >= 15 is 0 Å². The maximum absolute atomic E-state index is 14.2. The monoisotopic (exact) mass is 417 g/mol. The van der Waals surface area contributed by atoms with Gasteiger partial charge in [-0.3, -0.25) is 9.78 Å². The molecular formula is C24H24FN5O. The van der Waals surface area contributed by atoms with E-state index in [1.54, 1.807) is 19.3 Å². The summed E-state index contributed by atoms with van der Waals surface area (Å²) in [5.41, 5.74) is 2.16. The van der Waals surface area contributed by atoms with E-state index < -0.39 is 5.67 Å². The first-order valence-corrected chi connectivity index (χ1v) is 10.6. The van der Waals surface area contributed by atoms with E-state index in [1.807, 2.05) is 47.1 Å². The number of alkyl halides is 1. The summed E-state index contributed by atoms with van der Waals surface area (Å²) in [6.07, 6.45) is 6.17. The van der Waals surface area contributed by atoms with E-state index in [9.17, 15) is 9.18 Å². The van der Waals surface area contributed by atoms with Crippen LogP contribution in [-0.2, 0) is 6.42 Å². The van der Waals surface area contributed by atoms with Crippen molar-refractivity contribution < 1.29 is 4.39 Å². The topological polar surface area (TPSA) is 76.5 Å². The second-order valence-electron chi connectivity index (χ2n) is 8.53. The van der Waals surface area contributed by atoms with Gasteiger partial charge in [0.15, 0.2) is 5.65 Å². The second-order valence-corrected chi connectivity index (χ2v) is 8.53. The maximum Gasteiger partial charge on any atom is 0.262 e. The summed E-state index contributed by atoms with van der Waals surface area (Å²) in [4.78, 5) is 24.9. The Kier molecular flexibility index (Phi) is 4.88. The molecule has 158 valence electrons. The minimum Gasteiger partial charge on any atom is -0.310 e. The number of hydrogen-bond donors (Lipinski definition) is 1. The molecule has 1 saturated carbocycles. The molecule has 5 rings (SSSR count). The molecule has 1 aliphatic rings. The number of nitrogens with zero attached hydrogens (tertiary/aromatic N) is 4. The number of hydrogen-bond acceptors (Lipinski definition) is 4. The number of nitrogens with one attached hydrogen (secondary N) is 1. The van der Waals surface area contributed by atoms with E-state index in [2.05, 4.69) is 15.1 Å². The van der Waals surface area contributed by atoms with Crippen LogP contribution in [0.3, 0.4) is 0 Å². The zero-order chi connectivity index (χ0) is 21.4. The summed E-state index contributed by atoms with van der Waals surface area (Å²) in [5.74, 6) is 0.578. The van der Waals surface area contributed by atoms with Gasteiger partial charge in [-0.05, 0) is 50.3 Å². The van der Waals surface area contributed by atoms with E-state index in [4.69, 9.17) is 4.98 Å². The van der Waals surface area contributed by atoms with Gasteiger partial charge in [-0.15, -0.1) is 0 Å². The van der Waals surface area contributed by atoms with Crippen LogP contribution in [0.15, 0.2) is 59.7 Å². The van der Waals surface area contributed by atoms with Crippen LogP contribution in [0, 0.1) is 0 Å². The smallest absolute Gasteiger partial charge is 0.262 e. The first-order valence-electron chi connectivity index (χ1n) is 10.6. The largest absolute Gasteiger partial charge is 0.310 e. The molecule has 31 heavy (non-hydrogen) atoms. The van der Waals surface area contributed by atoms with Crippen molar-refractivity contribution in [3.63, 3.8) is 0 Å². The van der Waals surface area contributed by atoms with Crippen molar-refractivity contribution in [2.24, 2.45) is 0 Å². The average molecular weight is 417 g/mol. The highest BCUT2D eigenvalue weighted by atomic mass is 19.1. The molecule has 1 aliphatic carbocycles. The third-order valence-corrected chi connectivity index (χ3v) is 6.17. The van der Waals surface area contributed by atoms with Gasteiger partial charge >= 0.3 is 0 Å². The molecule has 0 spiro atoms. The molecule has 1 N–H and O–H groups in total. The Morgan fingerprint density at radius 1 is 1.16 bits per heavy atom. The summed E-state index contributed by atoms with van der Waals surface area (Å²) in [5, 5.41) is 4.91. The highest BCUT2D eigenvalue weighted by molar-refractivity contribution is 5.73. The standard InChI is InChI=1S/C24H24FN5O/c1-24(25)11-9-17(10-12-24)30-22-19(15-27-30)23(31)29-21(28-22)14-16-6-2-3-7-18(16)20-8-4-5-13-26-20/h2-8,13,15,17H,9-12,14H2,1H3,(H,28,29,31). The molecular weight excluding hydrogens is 393 g/mol. The van der Waals surface area contributed by atoms with Crippen molar-refractivity contribution >= 4 is 11.0 Å². The van der Waals surface area contributed by atoms with Crippen LogP contribution < -0.4 is 5.56 Å². The Balaban J connectivity index is 1.51. The van der Waals surface area contributed by atoms with Crippen LogP contribution in [-0.4, -0.2) is 30.4 Å². The Hall–Kier alpha value is -3.35. The van der Waals surface area contributed by atoms with Crippen LogP contribution in [0.5, 0.6) is 0 Å². The average Bonchev–Trinajstić information content (AvgIpc) is 3.19. The lowest BCUT2D eigenvalue weighted by atomic mass is 9.85. The number of pyridine rings is 1. The molecule has 0 amide bonds. The molecule has 0 aliphatic heterocycles. The van der Waals surface area contributed by atoms with Gasteiger partial charge in [0.25, 0.3) is 5.56 Å². The van der Waals surface area contributed by atoms with Gasteiger partial charge in [-0.2, -0.15) is 5.10 Å². The van der Waals surface area contributed by atoms with Gasteiger partial charge in [0, 0.05) is 18.2 Å². The molecule has 7 heteroatoms. The molecule has 0 saturated heterocycles. The Morgan fingerprint density at radius 3 is 2.71 bits per heavy atom. The molecule has 1 aromatic carbocycles. The highest BCUT2D eigenvalue weighted by Crippen LogP contribution is 2.37. The number of fused-ring (bicyclic) bond motifs is 1. The fraction of sp³-hybridized carbons (Fsp3) is 0.333. The van der Waals surface area contributed by atoms with Crippen molar-refractivity contribution in [3.05, 3.63) is 76.6 Å². The molecule has 0 atom stereocenters. The van der Waals surface area contributed by atoms with Gasteiger partial charge < -0.3 is 4.98 Å². The number of aromatic amines is 1. The lowest BCUT2D eigenvalue weighted by Crippen LogP contribution is -2.28. The predicted octanol–water partition coefficient (Wildman–Crippen LogP) is 4.62. The molecule has 3 aromatic heterocycles. The van der Waals surface area contributed by atoms with E-state index in [1.165, 1.54) is 0 Å². The van der Waals surface area contributed by atoms with Crippen LogP contribution in [0.4, 0.5) is 4.39 Å². The minimum absolute atomic E-state index is 0.0595. The van der Waals surface area contributed by atoms with Gasteiger partial charge in [0.05, 0.1) is 17.9 Å². The van der Waals surface area contributed by atoms with Crippen LogP contribution in [0.2, 0.25) is 0 Å². The fourth-order valence-corrected chi connectivity index (χ4v) is 4.41. The van der Waals surface area contributed by atoms with Gasteiger partial charge in [0.1, 0.15) is 16.9 Å². The van der Waals surface area contributed by atoms with Crippen molar-refractivity contribution in [1.82, 2.24) is 24.7 Å². The van der Waals surface area contributed by atoms with Crippen LogP contribution >= 0.6 is 0 Å². The number of aromatic nitrogens is 5. The SMILES string of the molecule is CC1(F)CCC(n2ncc3c(=O)[nH]c(Cc4ccccc4-c4ccccn4)nc32)CC1. The molecule has 0 unspecified atom stereocenters. The zero-order valence-electron chi connectivity index (χ0n) is 17.4. The third kappa shape index (κ3) is 3.87. The van der Waals surface area contributed by atoms with Crippen molar-refractivity contribution in [2.75, 3.05) is 0 Å². The van der Waals surface area contributed by atoms with Crippen LogP contribution in [0.25, 0.3) is 22.3 Å². The summed E-state index contributed by atoms with van der Waals surface area (Å²) in [6, 6.07) is 13.9. The molecule has 3 heterocycles. The Morgan fingerprint density at radius 2 is 1.94 bits per heavy atom. The summed E-state index contributed by atoms with van der Waals surface area (Å²) >= 11 is 0. The number of H-pyrrole nitrogens is 1. The van der Waals surface area contributed by atoms with Crippen LogP contribution in [0.1, 0.15) is 50.0 Å². The first kappa shape index (κ1) is 19.6. The molecule has 0 bridgehead atoms. The maximum atomic E-state index is 14.2. The van der Waals surface area contributed by atoms with E-state index in [0.717, 1.165) is 16.8 Å². The second kappa shape index (κ2) is 7.72. The number of halogens is 1. The van der Waals surface area contributed by atoms with Gasteiger partial charge in [-0.25, -0.2) is 14.1 Å². The normalized spacial score (nSPS) is 21.4. The Bertz CT molecular complexity index is 1270. The quantitative estimate of drug-likeness (QED) is 0.526. The summed E-state index contributed by atoms with van der Waals surface area (Å²) in [6.45, 7) is 1.66. The minimum atomic E-state index is -1.12. The predicted molar refractivity (Wildman–Crippen MR) is 118 cm³/mol. The lowest BCUT2D eigenvalue weighted by Gasteiger charge is -2.31. The lowest BCUT2D eigenvalue weighted by molar-refractivity contribution is 0.103. The molecule has 4 aromatic rings. The summed E-state index contributed by atoms with van der Waals surface area (Å²) in [7, 11) is 0. The third-order valence-electron chi connectivity index (χ3n) is 6.17.